The molecule has 1 heteroatoms. The second kappa shape index (κ2) is 3.88. The van der Waals surface area contributed by atoms with E-state index < -0.39 is 0 Å². The zero-order chi connectivity index (χ0) is 10.9. The Bertz CT molecular complexity index is 314. The predicted molar refractivity (Wildman–Crippen MR) is 66.4 cm³/mol. The summed E-state index contributed by atoms with van der Waals surface area (Å²) in [6.07, 6.45) is 2.61. The van der Waals surface area contributed by atoms with Crippen LogP contribution in [0.1, 0.15) is 32.3 Å². The highest BCUT2D eigenvalue weighted by Crippen LogP contribution is 2.32. The minimum atomic E-state index is 0.543. The molecule has 0 amide bonds. The van der Waals surface area contributed by atoms with Gasteiger partial charge in [0.05, 0.1) is 0 Å². The summed E-state index contributed by atoms with van der Waals surface area (Å²) in [5.74, 6) is 0. The number of anilines is 1. The molecule has 1 nitrogen and oxygen atoms in total. The van der Waals surface area contributed by atoms with Gasteiger partial charge in [0.25, 0.3) is 0 Å². The SMILES string of the molecule is Cc1ccc(N2CCC(C)(C)CC2)cc1. The van der Waals surface area contributed by atoms with Gasteiger partial charge >= 0.3 is 0 Å². The maximum Gasteiger partial charge on any atom is 0.0366 e. The summed E-state index contributed by atoms with van der Waals surface area (Å²) in [6.45, 7) is 9.30. The van der Waals surface area contributed by atoms with Crippen molar-refractivity contribution in [3.63, 3.8) is 0 Å². The predicted octanol–water partition coefficient (Wildman–Crippen LogP) is 3.62. The standard InChI is InChI=1S/C14H21N/c1-12-4-6-13(7-5-12)15-10-8-14(2,3)9-11-15/h4-7H,8-11H2,1-3H3. The number of rotatable bonds is 1. The first-order valence-corrected chi connectivity index (χ1v) is 5.88. The van der Waals surface area contributed by atoms with Crippen molar-refractivity contribution in [2.45, 2.75) is 33.6 Å². The Morgan fingerprint density at radius 3 is 2.07 bits per heavy atom. The summed E-state index contributed by atoms with van der Waals surface area (Å²) >= 11 is 0. The summed E-state index contributed by atoms with van der Waals surface area (Å²) in [4.78, 5) is 2.50. The van der Waals surface area contributed by atoms with E-state index in [4.69, 9.17) is 0 Å². The normalized spacial score (nSPS) is 20.3. The number of nitrogens with zero attached hydrogens (tertiary/aromatic N) is 1. The van der Waals surface area contributed by atoms with Crippen LogP contribution < -0.4 is 4.90 Å². The number of hydrogen-bond donors (Lipinski definition) is 0. The van der Waals surface area contributed by atoms with Gasteiger partial charge in [0, 0.05) is 18.8 Å². The van der Waals surface area contributed by atoms with Gasteiger partial charge in [-0.3, -0.25) is 0 Å². The topological polar surface area (TPSA) is 3.24 Å². The Balaban J connectivity index is 2.04. The lowest BCUT2D eigenvalue weighted by atomic mass is 9.82. The van der Waals surface area contributed by atoms with Crippen molar-refractivity contribution in [2.75, 3.05) is 18.0 Å². The molecule has 0 unspecified atom stereocenters. The fourth-order valence-corrected chi connectivity index (χ4v) is 2.13. The van der Waals surface area contributed by atoms with Gasteiger partial charge < -0.3 is 4.90 Å². The van der Waals surface area contributed by atoms with Crippen molar-refractivity contribution < 1.29 is 0 Å². The van der Waals surface area contributed by atoms with Crippen molar-refractivity contribution in [3.05, 3.63) is 29.8 Å². The van der Waals surface area contributed by atoms with E-state index >= 15 is 0 Å². The lowest BCUT2D eigenvalue weighted by Gasteiger charge is -2.38. The van der Waals surface area contributed by atoms with Gasteiger partial charge in [-0.1, -0.05) is 31.5 Å². The fourth-order valence-electron chi connectivity index (χ4n) is 2.13. The molecule has 1 aromatic carbocycles. The fraction of sp³-hybridized carbons (Fsp3) is 0.571. The molecule has 0 aliphatic carbocycles. The summed E-state index contributed by atoms with van der Waals surface area (Å²) in [6, 6.07) is 8.89. The van der Waals surface area contributed by atoms with Crippen LogP contribution in [0.3, 0.4) is 0 Å². The van der Waals surface area contributed by atoms with Crippen molar-refractivity contribution >= 4 is 5.69 Å². The zero-order valence-corrected chi connectivity index (χ0v) is 10.1. The molecule has 1 aliphatic heterocycles. The van der Waals surface area contributed by atoms with Crippen molar-refractivity contribution in [1.29, 1.82) is 0 Å². The number of benzene rings is 1. The van der Waals surface area contributed by atoms with Crippen molar-refractivity contribution in [3.8, 4) is 0 Å². The zero-order valence-electron chi connectivity index (χ0n) is 10.1. The third-order valence-corrected chi connectivity index (χ3v) is 3.52. The molecule has 82 valence electrons. The van der Waals surface area contributed by atoms with E-state index in [9.17, 15) is 0 Å². The Morgan fingerprint density at radius 1 is 1.00 bits per heavy atom. The molecular weight excluding hydrogens is 182 g/mol. The molecule has 1 aliphatic rings. The van der Waals surface area contributed by atoms with Crippen LogP contribution in [0.15, 0.2) is 24.3 Å². The molecular formula is C14H21N. The minimum Gasteiger partial charge on any atom is -0.371 e. The highest BCUT2D eigenvalue weighted by molar-refractivity contribution is 5.47. The molecule has 15 heavy (non-hydrogen) atoms. The van der Waals surface area contributed by atoms with Crippen molar-refractivity contribution in [2.24, 2.45) is 5.41 Å². The van der Waals surface area contributed by atoms with Gasteiger partial charge in [0.2, 0.25) is 0 Å². The first kappa shape index (κ1) is 10.5. The minimum absolute atomic E-state index is 0.543. The third kappa shape index (κ3) is 2.53. The number of aryl methyl sites for hydroxylation is 1. The van der Waals surface area contributed by atoms with Gasteiger partial charge in [-0.2, -0.15) is 0 Å². The van der Waals surface area contributed by atoms with Crippen LogP contribution in [0.25, 0.3) is 0 Å². The highest BCUT2D eigenvalue weighted by Gasteiger charge is 2.25. The van der Waals surface area contributed by atoms with Crippen LogP contribution in [0, 0.1) is 12.3 Å². The summed E-state index contributed by atoms with van der Waals surface area (Å²) in [5, 5.41) is 0. The van der Waals surface area contributed by atoms with E-state index in [2.05, 4.69) is 49.9 Å². The van der Waals surface area contributed by atoms with Gasteiger partial charge in [0.15, 0.2) is 0 Å². The Kier molecular flexibility index (Phi) is 2.72. The van der Waals surface area contributed by atoms with E-state index in [1.54, 1.807) is 0 Å². The molecule has 0 radical (unpaired) electrons. The lowest BCUT2D eigenvalue weighted by molar-refractivity contribution is 0.280. The molecule has 1 heterocycles. The maximum absolute atomic E-state index is 2.50. The Morgan fingerprint density at radius 2 is 1.53 bits per heavy atom. The van der Waals surface area contributed by atoms with Gasteiger partial charge in [0.1, 0.15) is 0 Å². The molecule has 1 saturated heterocycles. The molecule has 0 saturated carbocycles. The van der Waals surface area contributed by atoms with Crippen LogP contribution in [0.2, 0.25) is 0 Å². The third-order valence-electron chi connectivity index (χ3n) is 3.52. The van der Waals surface area contributed by atoms with E-state index in [1.807, 2.05) is 0 Å². The smallest absolute Gasteiger partial charge is 0.0366 e. The lowest BCUT2D eigenvalue weighted by Crippen LogP contribution is -2.37. The average molecular weight is 203 g/mol. The molecule has 0 N–H and O–H groups in total. The van der Waals surface area contributed by atoms with E-state index in [0.717, 1.165) is 0 Å². The number of hydrogen-bond acceptors (Lipinski definition) is 1. The average Bonchev–Trinajstić information content (AvgIpc) is 2.20. The monoisotopic (exact) mass is 203 g/mol. The molecule has 0 spiro atoms. The van der Waals surface area contributed by atoms with Gasteiger partial charge in [-0.25, -0.2) is 0 Å². The molecule has 0 bridgehead atoms. The molecule has 2 rings (SSSR count). The second-order valence-corrected chi connectivity index (χ2v) is 5.49. The molecule has 0 aromatic heterocycles. The second-order valence-electron chi connectivity index (χ2n) is 5.49. The van der Waals surface area contributed by atoms with E-state index in [0.29, 0.717) is 5.41 Å². The first-order valence-electron chi connectivity index (χ1n) is 5.88. The first-order chi connectivity index (χ1) is 7.07. The Hall–Kier alpha value is -0.980. The van der Waals surface area contributed by atoms with Crippen LogP contribution in [-0.4, -0.2) is 13.1 Å². The van der Waals surface area contributed by atoms with Gasteiger partial charge in [-0.05, 0) is 37.3 Å². The van der Waals surface area contributed by atoms with Crippen molar-refractivity contribution in [1.82, 2.24) is 0 Å². The summed E-state index contributed by atoms with van der Waals surface area (Å²) < 4.78 is 0. The molecule has 1 aromatic rings. The number of piperidine rings is 1. The van der Waals surface area contributed by atoms with Crippen LogP contribution in [0.4, 0.5) is 5.69 Å². The van der Waals surface area contributed by atoms with Crippen LogP contribution in [0.5, 0.6) is 0 Å². The maximum atomic E-state index is 2.50. The molecule has 1 fully saturated rings. The van der Waals surface area contributed by atoms with E-state index in [1.165, 1.54) is 37.2 Å². The van der Waals surface area contributed by atoms with Gasteiger partial charge in [-0.15, -0.1) is 0 Å². The van der Waals surface area contributed by atoms with Crippen LogP contribution >= 0.6 is 0 Å². The van der Waals surface area contributed by atoms with Crippen LogP contribution in [-0.2, 0) is 0 Å². The summed E-state index contributed by atoms with van der Waals surface area (Å²) in [7, 11) is 0. The quantitative estimate of drug-likeness (QED) is 0.674. The largest absolute Gasteiger partial charge is 0.371 e. The molecule has 0 atom stereocenters. The summed E-state index contributed by atoms with van der Waals surface area (Å²) in [5.41, 5.74) is 3.27. The highest BCUT2D eigenvalue weighted by atomic mass is 15.1. The Labute approximate surface area is 93.1 Å². The van der Waals surface area contributed by atoms with E-state index in [-0.39, 0.29) is 0 Å².